The number of hydrogen-bond acceptors (Lipinski definition) is 5. The van der Waals surface area contributed by atoms with Crippen LogP contribution in [0.25, 0.3) is 0 Å². The van der Waals surface area contributed by atoms with E-state index in [9.17, 15) is 14.0 Å². The lowest BCUT2D eigenvalue weighted by Crippen LogP contribution is -2.28. The molecule has 132 valence electrons. The van der Waals surface area contributed by atoms with Gasteiger partial charge in [-0.1, -0.05) is 24.3 Å². The largest absolute Gasteiger partial charge is 0.493 e. The van der Waals surface area contributed by atoms with Crippen molar-refractivity contribution in [3.05, 3.63) is 59.4 Å². The number of carbonyl (C=O) groups excluding carboxylic acids is 2. The van der Waals surface area contributed by atoms with Gasteiger partial charge in [-0.05, 0) is 18.2 Å². The van der Waals surface area contributed by atoms with Gasteiger partial charge < -0.3 is 19.5 Å². The smallest absolute Gasteiger partial charge is 0.342 e. The summed E-state index contributed by atoms with van der Waals surface area (Å²) in [4.78, 5) is 23.9. The van der Waals surface area contributed by atoms with Crippen LogP contribution in [0.3, 0.4) is 0 Å². The number of amides is 1. The maximum Gasteiger partial charge on any atom is 0.342 e. The first-order valence-electron chi connectivity index (χ1n) is 7.45. The summed E-state index contributed by atoms with van der Waals surface area (Å²) in [6.07, 6.45) is 0. The van der Waals surface area contributed by atoms with Crippen LogP contribution in [0, 0.1) is 5.82 Å². The number of carbonyl (C=O) groups is 2. The zero-order chi connectivity index (χ0) is 18.2. The van der Waals surface area contributed by atoms with Crippen molar-refractivity contribution in [2.45, 2.75) is 6.54 Å². The van der Waals surface area contributed by atoms with Crippen molar-refractivity contribution in [2.75, 3.05) is 20.8 Å². The third-order valence-corrected chi connectivity index (χ3v) is 3.39. The highest BCUT2D eigenvalue weighted by Gasteiger charge is 2.18. The van der Waals surface area contributed by atoms with Crippen molar-refractivity contribution in [1.82, 2.24) is 5.32 Å². The second-order valence-corrected chi connectivity index (χ2v) is 4.99. The van der Waals surface area contributed by atoms with E-state index in [0.29, 0.717) is 11.3 Å². The predicted octanol–water partition coefficient (Wildman–Crippen LogP) is 2.32. The number of hydrogen-bond donors (Lipinski definition) is 1. The molecule has 0 atom stereocenters. The molecular formula is C18H18FNO5. The SMILES string of the molecule is COc1cccc(C(=O)OCC(=O)NCc2ccccc2F)c1OC. The minimum atomic E-state index is -0.725. The fraction of sp³-hybridized carbons (Fsp3) is 0.222. The molecule has 1 amide bonds. The number of nitrogens with one attached hydrogen (secondary N) is 1. The van der Waals surface area contributed by atoms with Gasteiger partial charge in [-0.3, -0.25) is 4.79 Å². The summed E-state index contributed by atoms with van der Waals surface area (Å²) in [6, 6.07) is 10.8. The Hall–Kier alpha value is -3.09. The van der Waals surface area contributed by atoms with Gasteiger partial charge in [0.2, 0.25) is 0 Å². The third-order valence-electron chi connectivity index (χ3n) is 3.39. The Morgan fingerprint density at radius 2 is 1.80 bits per heavy atom. The maximum atomic E-state index is 13.5. The minimum absolute atomic E-state index is 0.00549. The number of rotatable bonds is 7. The van der Waals surface area contributed by atoms with Gasteiger partial charge in [0.1, 0.15) is 11.4 Å². The topological polar surface area (TPSA) is 73.9 Å². The van der Waals surface area contributed by atoms with E-state index in [1.54, 1.807) is 30.3 Å². The minimum Gasteiger partial charge on any atom is -0.493 e. The highest BCUT2D eigenvalue weighted by molar-refractivity contribution is 5.94. The molecule has 0 aliphatic carbocycles. The normalized spacial score (nSPS) is 10.0. The lowest BCUT2D eigenvalue weighted by Gasteiger charge is -2.12. The average Bonchev–Trinajstić information content (AvgIpc) is 2.64. The van der Waals surface area contributed by atoms with Crippen LogP contribution in [-0.2, 0) is 16.1 Å². The van der Waals surface area contributed by atoms with Gasteiger partial charge in [0.25, 0.3) is 5.91 Å². The molecule has 0 aliphatic rings. The first-order valence-corrected chi connectivity index (χ1v) is 7.45. The summed E-state index contributed by atoms with van der Waals surface area (Å²) in [5, 5.41) is 2.49. The van der Waals surface area contributed by atoms with Crippen molar-refractivity contribution in [2.24, 2.45) is 0 Å². The second kappa shape index (κ2) is 8.68. The molecule has 2 rings (SSSR count). The van der Waals surface area contributed by atoms with Crippen molar-refractivity contribution in [3.8, 4) is 11.5 Å². The van der Waals surface area contributed by atoms with Crippen LogP contribution in [0.2, 0.25) is 0 Å². The Morgan fingerprint density at radius 3 is 2.48 bits per heavy atom. The number of benzene rings is 2. The summed E-state index contributed by atoms with van der Waals surface area (Å²) >= 11 is 0. The van der Waals surface area contributed by atoms with Crippen LogP contribution in [-0.4, -0.2) is 32.7 Å². The molecule has 0 bridgehead atoms. The first-order chi connectivity index (χ1) is 12.1. The monoisotopic (exact) mass is 347 g/mol. The quantitative estimate of drug-likeness (QED) is 0.778. The van der Waals surface area contributed by atoms with E-state index in [2.05, 4.69) is 5.32 Å². The molecule has 0 aliphatic heterocycles. The molecule has 0 saturated carbocycles. The van der Waals surface area contributed by atoms with Gasteiger partial charge in [-0.2, -0.15) is 0 Å². The molecule has 0 fully saturated rings. The van der Waals surface area contributed by atoms with E-state index in [0.717, 1.165) is 0 Å². The average molecular weight is 347 g/mol. The van der Waals surface area contributed by atoms with Crippen LogP contribution in [0.1, 0.15) is 15.9 Å². The molecule has 0 spiro atoms. The Kier molecular flexibility index (Phi) is 6.33. The number of esters is 1. The highest BCUT2D eigenvalue weighted by Crippen LogP contribution is 2.30. The molecule has 1 N–H and O–H groups in total. The highest BCUT2D eigenvalue weighted by atomic mass is 19.1. The number of ether oxygens (including phenoxy) is 3. The van der Waals surface area contributed by atoms with Gasteiger partial charge in [0.15, 0.2) is 18.1 Å². The molecule has 2 aromatic carbocycles. The van der Waals surface area contributed by atoms with Gasteiger partial charge in [0, 0.05) is 12.1 Å². The van der Waals surface area contributed by atoms with Gasteiger partial charge in [-0.15, -0.1) is 0 Å². The molecule has 7 heteroatoms. The van der Waals surface area contributed by atoms with Gasteiger partial charge in [0.05, 0.1) is 14.2 Å². The van der Waals surface area contributed by atoms with Crippen LogP contribution >= 0.6 is 0 Å². The van der Waals surface area contributed by atoms with Crippen molar-refractivity contribution >= 4 is 11.9 Å². The molecule has 6 nitrogen and oxygen atoms in total. The summed E-state index contributed by atoms with van der Waals surface area (Å²) in [7, 11) is 2.85. The fourth-order valence-electron chi connectivity index (χ4n) is 2.14. The molecule has 0 heterocycles. The van der Waals surface area contributed by atoms with E-state index >= 15 is 0 Å². The zero-order valence-corrected chi connectivity index (χ0v) is 13.9. The van der Waals surface area contributed by atoms with E-state index < -0.39 is 24.3 Å². The Labute approximate surface area is 144 Å². The molecule has 25 heavy (non-hydrogen) atoms. The first kappa shape index (κ1) is 18.3. The van der Waals surface area contributed by atoms with E-state index in [-0.39, 0.29) is 17.9 Å². The summed E-state index contributed by atoms with van der Waals surface area (Å²) < 4.78 is 28.7. The Morgan fingerprint density at radius 1 is 1.04 bits per heavy atom. The number of para-hydroxylation sites is 1. The lowest BCUT2D eigenvalue weighted by molar-refractivity contribution is -0.124. The Balaban J connectivity index is 1.92. The molecule has 0 saturated heterocycles. The summed E-state index contributed by atoms with van der Waals surface area (Å²) in [5.74, 6) is -1.08. The van der Waals surface area contributed by atoms with Crippen LogP contribution in [0.4, 0.5) is 4.39 Å². The number of halogens is 1. The van der Waals surface area contributed by atoms with Crippen LogP contribution in [0.15, 0.2) is 42.5 Å². The second-order valence-electron chi connectivity index (χ2n) is 4.99. The molecular weight excluding hydrogens is 329 g/mol. The van der Waals surface area contributed by atoms with Crippen LogP contribution < -0.4 is 14.8 Å². The fourth-order valence-corrected chi connectivity index (χ4v) is 2.14. The Bertz CT molecular complexity index is 763. The van der Waals surface area contributed by atoms with Crippen molar-refractivity contribution in [1.29, 1.82) is 0 Å². The van der Waals surface area contributed by atoms with Crippen molar-refractivity contribution < 1.29 is 28.2 Å². The number of methoxy groups -OCH3 is 2. The molecule has 0 aromatic heterocycles. The standard InChI is InChI=1S/C18H18FNO5/c1-23-15-9-5-7-13(17(15)24-2)18(22)25-11-16(21)20-10-12-6-3-4-8-14(12)19/h3-9H,10-11H2,1-2H3,(H,20,21). The molecule has 2 aromatic rings. The van der Waals surface area contributed by atoms with Crippen LogP contribution in [0.5, 0.6) is 11.5 Å². The van der Waals surface area contributed by atoms with Gasteiger partial charge in [-0.25, -0.2) is 9.18 Å². The zero-order valence-electron chi connectivity index (χ0n) is 13.9. The summed E-state index contributed by atoms with van der Waals surface area (Å²) in [6.45, 7) is -0.487. The summed E-state index contributed by atoms with van der Waals surface area (Å²) in [5.41, 5.74) is 0.486. The molecule has 0 radical (unpaired) electrons. The lowest BCUT2D eigenvalue weighted by atomic mass is 10.2. The third kappa shape index (κ3) is 4.69. The van der Waals surface area contributed by atoms with Gasteiger partial charge >= 0.3 is 5.97 Å². The predicted molar refractivity (Wildman–Crippen MR) is 88.1 cm³/mol. The van der Waals surface area contributed by atoms with E-state index in [4.69, 9.17) is 14.2 Å². The molecule has 0 unspecified atom stereocenters. The van der Waals surface area contributed by atoms with E-state index in [1.807, 2.05) is 0 Å². The van der Waals surface area contributed by atoms with Crippen molar-refractivity contribution in [3.63, 3.8) is 0 Å². The van der Waals surface area contributed by atoms with E-state index in [1.165, 1.54) is 26.4 Å². The maximum absolute atomic E-state index is 13.5.